The zero-order valence-electron chi connectivity index (χ0n) is 20.7. The molecular formula is C28H40N2O2. The molecule has 2 aromatic carbocycles. The zero-order chi connectivity index (χ0) is 23.7. The number of hydrogen-bond donors (Lipinski definition) is 1. The summed E-state index contributed by atoms with van der Waals surface area (Å²) in [5.74, 6) is 0.304. The van der Waals surface area contributed by atoms with Crippen molar-refractivity contribution in [2.75, 3.05) is 13.1 Å². The Bertz CT molecular complexity index is 851. The number of nitrogens with zero attached hydrogens (tertiary/aromatic N) is 1. The quantitative estimate of drug-likeness (QED) is 0.560. The molecule has 0 aliphatic carbocycles. The highest BCUT2D eigenvalue weighted by molar-refractivity contribution is 5.87. The number of aryl methyl sites for hydroxylation is 1. The molecule has 1 unspecified atom stereocenters. The van der Waals surface area contributed by atoms with E-state index in [0.717, 1.165) is 17.5 Å². The highest BCUT2D eigenvalue weighted by atomic mass is 16.2. The second-order valence-corrected chi connectivity index (χ2v) is 10.1. The summed E-state index contributed by atoms with van der Waals surface area (Å²) in [6, 6.07) is 18.1. The van der Waals surface area contributed by atoms with Crippen molar-refractivity contribution in [3.63, 3.8) is 0 Å². The number of amides is 2. The monoisotopic (exact) mass is 436 g/mol. The molecule has 0 saturated heterocycles. The van der Waals surface area contributed by atoms with Gasteiger partial charge < -0.3 is 10.2 Å². The van der Waals surface area contributed by atoms with Gasteiger partial charge in [0, 0.05) is 19.5 Å². The van der Waals surface area contributed by atoms with Gasteiger partial charge in [0.2, 0.25) is 11.8 Å². The average Bonchev–Trinajstić information content (AvgIpc) is 2.76. The first kappa shape index (κ1) is 25.6. The first-order chi connectivity index (χ1) is 15.1. The van der Waals surface area contributed by atoms with Gasteiger partial charge in [-0.2, -0.15) is 0 Å². The summed E-state index contributed by atoms with van der Waals surface area (Å²) in [5.41, 5.74) is 3.71. The fourth-order valence-electron chi connectivity index (χ4n) is 3.59. The molecule has 0 aliphatic rings. The molecule has 1 N–H and O–H groups in total. The van der Waals surface area contributed by atoms with Gasteiger partial charge in [-0.3, -0.25) is 9.59 Å². The van der Waals surface area contributed by atoms with Gasteiger partial charge in [0.25, 0.3) is 0 Å². The summed E-state index contributed by atoms with van der Waals surface area (Å²) in [6.07, 6.45) is 1.80. The molecule has 174 valence electrons. The summed E-state index contributed by atoms with van der Waals surface area (Å²) in [6.45, 7) is 13.7. The number of benzene rings is 2. The van der Waals surface area contributed by atoms with E-state index in [0.29, 0.717) is 31.8 Å². The molecule has 0 bridgehead atoms. The lowest BCUT2D eigenvalue weighted by atomic mass is 9.86. The Labute approximate surface area is 194 Å². The predicted octanol–water partition coefficient (Wildman–Crippen LogP) is 5.15. The molecular weight excluding hydrogens is 396 g/mol. The van der Waals surface area contributed by atoms with Crippen molar-refractivity contribution in [1.82, 2.24) is 10.2 Å². The molecule has 0 heterocycles. The first-order valence-electron chi connectivity index (χ1n) is 11.8. The van der Waals surface area contributed by atoms with E-state index in [-0.39, 0.29) is 17.2 Å². The van der Waals surface area contributed by atoms with Gasteiger partial charge in [-0.1, -0.05) is 89.2 Å². The molecule has 32 heavy (non-hydrogen) atoms. The van der Waals surface area contributed by atoms with Gasteiger partial charge in [-0.25, -0.2) is 0 Å². The molecule has 0 fully saturated rings. The lowest BCUT2D eigenvalue weighted by molar-refractivity contribution is -0.139. The van der Waals surface area contributed by atoms with E-state index in [1.807, 2.05) is 25.1 Å². The van der Waals surface area contributed by atoms with Crippen molar-refractivity contribution in [3.8, 4) is 0 Å². The van der Waals surface area contributed by atoms with Crippen molar-refractivity contribution in [2.45, 2.75) is 72.3 Å². The fourth-order valence-corrected chi connectivity index (χ4v) is 3.59. The van der Waals surface area contributed by atoms with Crippen LogP contribution in [0.5, 0.6) is 0 Å². The Balaban J connectivity index is 2.05. The Morgan fingerprint density at radius 1 is 0.875 bits per heavy atom. The van der Waals surface area contributed by atoms with Crippen molar-refractivity contribution in [1.29, 1.82) is 0 Å². The van der Waals surface area contributed by atoms with Crippen molar-refractivity contribution >= 4 is 11.8 Å². The summed E-state index contributed by atoms with van der Waals surface area (Å²) >= 11 is 0. The highest BCUT2D eigenvalue weighted by Gasteiger charge is 2.25. The van der Waals surface area contributed by atoms with Gasteiger partial charge in [0.05, 0.1) is 0 Å². The number of rotatable bonds is 10. The summed E-state index contributed by atoms with van der Waals surface area (Å²) in [5, 5.41) is 2.98. The maximum atomic E-state index is 13.2. The van der Waals surface area contributed by atoms with Gasteiger partial charge in [0.15, 0.2) is 0 Å². The van der Waals surface area contributed by atoms with E-state index >= 15 is 0 Å². The molecule has 2 amide bonds. The van der Waals surface area contributed by atoms with Crippen molar-refractivity contribution in [2.24, 2.45) is 5.92 Å². The van der Waals surface area contributed by atoms with Gasteiger partial charge in [-0.15, -0.1) is 0 Å². The van der Waals surface area contributed by atoms with Crippen molar-refractivity contribution in [3.05, 3.63) is 71.3 Å². The smallest absolute Gasteiger partial charge is 0.242 e. The molecule has 0 radical (unpaired) electrons. The maximum Gasteiger partial charge on any atom is 0.242 e. The van der Waals surface area contributed by atoms with Crippen LogP contribution in [0.3, 0.4) is 0 Å². The zero-order valence-corrected chi connectivity index (χ0v) is 20.7. The molecule has 0 aliphatic heterocycles. The van der Waals surface area contributed by atoms with Gasteiger partial charge in [0.1, 0.15) is 6.04 Å². The molecule has 2 rings (SSSR count). The third-order valence-electron chi connectivity index (χ3n) is 5.78. The minimum atomic E-state index is -0.492. The Kier molecular flexibility index (Phi) is 9.49. The van der Waals surface area contributed by atoms with Crippen LogP contribution >= 0.6 is 0 Å². The number of carbonyl (C=O) groups is 2. The maximum absolute atomic E-state index is 13.2. The van der Waals surface area contributed by atoms with Crippen LogP contribution in [0.4, 0.5) is 0 Å². The number of hydrogen-bond acceptors (Lipinski definition) is 2. The van der Waals surface area contributed by atoms with Crippen LogP contribution in [0.15, 0.2) is 54.6 Å². The number of nitrogens with one attached hydrogen (secondary N) is 1. The van der Waals surface area contributed by atoms with Crippen LogP contribution in [0.1, 0.15) is 64.7 Å². The second-order valence-electron chi connectivity index (χ2n) is 10.1. The van der Waals surface area contributed by atoms with Gasteiger partial charge in [-0.05, 0) is 47.8 Å². The normalized spacial score (nSPS) is 12.5. The van der Waals surface area contributed by atoms with Crippen LogP contribution < -0.4 is 5.32 Å². The predicted molar refractivity (Wildman–Crippen MR) is 133 cm³/mol. The topological polar surface area (TPSA) is 49.4 Å². The molecule has 4 heteroatoms. The first-order valence-corrected chi connectivity index (χ1v) is 11.8. The Morgan fingerprint density at radius 3 is 2.03 bits per heavy atom. The summed E-state index contributed by atoms with van der Waals surface area (Å²) in [4.78, 5) is 27.6. The van der Waals surface area contributed by atoms with E-state index < -0.39 is 6.04 Å². The highest BCUT2D eigenvalue weighted by Crippen LogP contribution is 2.22. The Morgan fingerprint density at radius 2 is 1.47 bits per heavy atom. The summed E-state index contributed by atoms with van der Waals surface area (Å²) < 4.78 is 0. The second kappa shape index (κ2) is 11.8. The molecule has 1 atom stereocenters. The van der Waals surface area contributed by atoms with Gasteiger partial charge >= 0.3 is 0 Å². The van der Waals surface area contributed by atoms with Crippen LogP contribution in [-0.4, -0.2) is 35.8 Å². The molecule has 4 nitrogen and oxygen atoms in total. The lowest BCUT2D eigenvalue weighted by Crippen LogP contribution is -2.49. The van der Waals surface area contributed by atoms with Crippen LogP contribution in [0.2, 0.25) is 0 Å². The minimum Gasteiger partial charge on any atom is -0.354 e. The number of carbonyl (C=O) groups excluding carboxylic acids is 2. The molecule has 0 saturated carbocycles. The van der Waals surface area contributed by atoms with E-state index in [1.54, 1.807) is 4.90 Å². The van der Waals surface area contributed by atoms with Crippen LogP contribution in [-0.2, 0) is 27.8 Å². The third kappa shape index (κ3) is 8.14. The Hall–Kier alpha value is -2.62. The third-order valence-corrected chi connectivity index (χ3v) is 5.78. The standard InChI is InChI=1S/C28H40N2O2/c1-21(2)20-29-27(32)22(3)30(19-18-23-10-8-7-9-11-23)26(31)17-14-24-12-15-25(16-13-24)28(4,5)6/h7-13,15-16,21-22H,14,17-20H2,1-6H3,(H,29,32). The van der Waals surface area contributed by atoms with E-state index in [1.165, 1.54) is 5.56 Å². The van der Waals surface area contributed by atoms with E-state index in [2.05, 4.69) is 76.3 Å². The van der Waals surface area contributed by atoms with E-state index in [9.17, 15) is 9.59 Å². The van der Waals surface area contributed by atoms with Crippen LogP contribution in [0.25, 0.3) is 0 Å². The lowest BCUT2D eigenvalue weighted by Gasteiger charge is -2.29. The molecule has 2 aromatic rings. The fraction of sp³-hybridized carbons (Fsp3) is 0.500. The summed E-state index contributed by atoms with van der Waals surface area (Å²) in [7, 11) is 0. The molecule has 0 aromatic heterocycles. The van der Waals surface area contributed by atoms with Crippen molar-refractivity contribution < 1.29 is 9.59 Å². The largest absolute Gasteiger partial charge is 0.354 e. The minimum absolute atomic E-state index is 0.0213. The van der Waals surface area contributed by atoms with Crippen LogP contribution in [0, 0.1) is 5.92 Å². The molecule has 0 spiro atoms. The average molecular weight is 437 g/mol. The van der Waals surface area contributed by atoms with E-state index in [4.69, 9.17) is 0 Å². The SMILES string of the molecule is CC(C)CNC(=O)C(C)N(CCc1ccccc1)C(=O)CCc1ccc(C(C)(C)C)cc1.